The van der Waals surface area contributed by atoms with Crippen molar-refractivity contribution in [3.63, 3.8) is 0 Å². The molecule has 0 atom stereocenters. The lowest BCUT2D eigenvalue weighted by molar-refractivity contribution is -0.137. The molecule has 1 amide bonds. The third-order valence-electron chi connectivity index (χ3n) is 7.71. The third-order valence-corrected chi connectivity index (χ3v) is 7.71. The van der Waals surface area contributed by atoms with E-state index in [1.54, 1.807) is 12.4 Å². The number of anilines is 2. The Bertz CT molecular complexity index is 1810. The molecule has 0 radical (unpaired) electrons. The van der Waals surface area contributed by atoms with E-state index < -0.39 is 17.6 Å². The molecule has 2 aliphatic rings. The summed E-state index contributed by atoms with van der Waals surface area (Å²) in [5.41, 5.74) is 4.91. The Morgan fingerprint density at radius 2 is 1.83 bits per heavy atom. The monoisotopic (exact) mass is 568 g/mol. The zero-order valence-electron chi connectivity index (χ0n) is 22.5. The van der Waals surface area contributed by atoms with Crippen LogP contribution in [0.1, 0.15) is 64.7 Å². The molecule has 0 bridgehead atoms. The minimum atomic E-state index is -4.51. The van der Waals surface area contributed by atoms with Crippen LogP contribution in [0.3, 0.4) is 0 Å². The molecule has 2 aliphatic carbocycles. The van der Waals surface area contributed by atoms with Gasteiger partial charge < -0.3 is 10.6 Å². The van der Waals surface area contributed by atoms with Crippen molar-refractivity contribution in [2.75, 3.05) is 5.32 Å². The smallest absolute Gasteiger partial charge is 0.348 e. The number of alkyl halides is 3. The fraction of sp³-hybridized carbons (Fsp3) is 0.250. The molecule has 42 heavy (non-hydrogen) atoms. The van der Waals surface area contributed by atoms with Crippen LogP contribution in [0.2, 0.25) is 0 Å². The van der Waals surface area contributed by atoms with Crippen LogP contribution in [0.25, 0.3) is 22.0 Å². The Labute approximate surface area is 239 Å². The van der Waals surface area contributed by atoms with Crippen molar-refractivity contribution in [1.82, 2.24) is 25.1 Å². The summed E-state index contributed by atoms with van der Waals surface area (Å²) in [5.74, 6) is 0.414. The molecule has 7 rings (SSSR count). The van der Waals surface area contributed by atoms with Crippen LogP contribution in [0.5, 0.6) is 0 Å². The highest BCUT2D eigenvalue weighted by atomic mass is 19.4. The molecular weight excluding hydrogens is 541 g/mol. The summed E-state index contributed by atoms with van der Waals surface area (Å²) < 4.78 is 41.3. The van der Waals surface area contributed by atoms with Gasteiger partial charge in [0.15, 0.2) is 0 Å². The van der Waals surface area contributed by atoms with E-state index in [2.05, 4.69) is 26.8 Å². The fourth-order valence-electron chi connectivity index (χ4n) is 5.16. The second-order valence-corrected chi connectivity index (χ2v) is 11.0. The van der Waals surface area contributed by atoms with Gasteiger partial charge in [0.1, 0.15) is 0 Å². The molecule has 0 saturated heterocycles. The van der Waals surface area contributed by atoms with Crippen molar-refractivity contribution in [1.29, 1.82) is 0 Å². The maximum absolute atomic E-state index is 13.1. The fourth-order valence-corrected chi connectivity index (χ4v) is 5.16. The van der Waals surface area contributed by atoms with E-state index in [-0.39, 0.29) is 12.1 Å². The summed E-state index contributed by atoms with van der Waals surface area (Å²) in [6, 6.07) is 17.1. The van der Waals surface area contributed by atoms with E-state index in [1.165, 1.54) is 17.7 Å². The van der Waals surface area contributed by atoms with Crippen LogP contribution in [-0.4, -0.2) is 25.7 Å². The number of carbonyl (C=O) groups excluding carboxylic acids is 1. The van der Waals surface area contributed by atoms with Crippen LogP contribution in [0, 0.1) is 0 Å². The zero-order chi connectivity index (χ0) is 28.8. The van der Waals surface area contributed by atoms with Gasteiger partial charge in [-0.3, -0.25) is 9.48 Å². The van der Waals surface area contributed by atoms with Gasteiger partial charge >= 0.3 is 6.18 Å². The molecule has 212 valence electrons. The van der Waals surface area contributed by atoms with E-state index in [4.69, 9.17) is 4.98 Å². The number of halogens is 3. The molecule has 0 aliphatic heterocycles. The summed E-state index contributed by atoms with van der Waals surface area (Å²) in [6.07, 6.45) is 5.59. The number of fused-ring (bicyclic) bond motifs is 1. The number of rotatable bonds is 8. The Morgan fingerprint density at radius 3 is 2.62 bits per heavy atom. The molecule has 2 fully saturated rings. The highest BCUT2D eigenvalue weighted by Crippen LogP contribution is 2.45. The number of carbonyl (C=O) groups is 1. The van der Waals surface area contributed by atoms with Gasteiger partial charge in [-0.15, -0.1) is 0 Å². The van der Waals surface area contributed by atoms with Crippen molar-refractivity contribution in [3.05, 3.63) is 102 Å². The van der Waals surface area contributed by atoms with E-state index in [1.807, 2.05) is 41.2 Å². The maximum atomic E-state index is 13.1. The number of nitrogens with one attached hydrogen (secondary N) is 2. The average Bonchev–Trinajstić information content (AvgIpc) is 3.94. The Hall–Kier alpha value is -4.73. The van der Waals surface area contributed by atoms with Crippen molar-refractivity contribution in [3.8, 4) is 11.1 Å². The molecule has 3 aromatic carbocycles. The van der Waals surface area contributed by atoms with Gasteiger partial charge in [0.2, 0.25) is 5.95 Å². The van der Waals surface area contributed by atoms with Gasteiger partial charge in [-0.1, -0.05) is 30.3 Å². The molecule has 2 heterocycles. The maximum Gasteiger partial charge on any atom is 0.416 e. The highest BCUT2D eigenvalue weighted by molar-refractivity contribution is 5.94. The number of hydrogen-bond acceptors (Lipinski definition) is 5. The summed E-state index contributed by atoms with van der Waals surface area (Å²) in [4.78, 5) is 21.9. The molecule has 0 unspecified atom stereocenters. The minimum absolute atomic E-state index is 0.0295. The number of nitrogens with zero attached hydrogens (tertiary/aromatic N) is 4. The van der Waals surface area contributed by atoms with Gasteiger partial charge in [-0.2, -0.15) is 18.3 Å². The predicted molar refractivity (Wildman–Crippen MR) is 153 cm³/mol. The van der Waals surface area contributed by atoms with Gasteiger partial charge in [0, 0.05) is 29.9 Å². The topological polar surface area (TPSA) is 84.7 Å². The van der Waals surface area contributed by atoms with Gasteiger partial charge in [-0.25, -0.2) is 9.97 Å². The van der Waals surface area contributed by atoms with Crippen LogP contribution in [-0.2, 0) is 12.7 Å². The minimum Gasteiger partial charge on any atom is -0.348 e. The van der Waals surface area contributed by atoms with Crippen LogP contribution in [0.4, 0.5) is 24.8 Å². The SMILES string of the molecule is O=C(NCc1ccc(C2CC2)c(-c2ccc3cnc(Nc4cnn(C5CC5)c4)nc3c2)c1)c1cccc(C(F)(F)F)c1. The molecule has 0 spiro atoms. The second-order valence-electron chi connectivity index (χ2n) is 11.0. The number of aromatic nitrogens is 4. The Balaban J connectivity index is 1.13. The van der Waals surface area contributed by atoms with Gasteiger partial charge in [0.25, 0.3) is 5.91 Å². The first-order chi connectivity index (χ1) is 20.3. The standard InChI is InChI=1S/C32H27F3N6O/c33-32(34,35)24-3-1-2-22(13-24)30(42)36-15-19-4-11-27(20-5-6-20)28(12-19)21-7-8-23-16-37-31(40-29(23)14-21)39-25-17-38-41(18-25)26-9-10-26/h1-4,7-8,11-14,16-18,20,26H,5-6,9-10,15H2,(H,36,42)(H,37,39,40). The Kier molecular flexibility index (Phi) is 6.41. The number of benzene rings is 3. The predicted octanol–water partition coefficient (Wildman–Crippen LogP) is 7.40. The lowest BCUT2D eigenvalue weighted by atomic mass is 9.94. The van der Waals surface area contributed by atoms with Gasteiger partial charge in [0.05, 0.1) is 29.0 Å². The second kappa shape index (κ2) is 10.3. The zero-order valence-corrected chi connectivity index (χ0v) is 22.5. The molecule has 2 saturated carbocycles. The molecular formula is C32H27F3N6O. The van der Waals surface area contributed by atoms with Crippen LogP contribution < -0.4 is 10.6 Å². The first kappa shape index (κ1) is 26.2. The summed E-state index contributed by atoms with van der Waals surface area (Å²) in [5, 5.41) is 11.3. The van der Waals surface area contributed by atoms with Crippen LogP contribution in [0.15, 0.2) is 79.3 Å². The number of amides is 1. The van der Waals surface area contributed by atoms with Gasteiger partial charge in [-0.05, 0) is 84.2 Å². The summed E-state index contributed by atoms with van der Waals surface area (Å²) in [7, 11) is 0. The molecule has 10 heteroatoms. The molecule has 5 aromatic rings. The first-order valence-corrected chi connectivity index (χ1v) is 14.0. The van der Waals surface area contributed by atoms with E-state index in [0.29, 0.717) is 17.9 Å². The van der Waals surface area contributed by atoms with E-state index >= 15 is 0 Å². The summed E-state index contributed by atoms with van der Waals surface area (Å²) >= 11 is 0. The van der Waals surface area contributed by atoms with E-state index in [0.717, 1.165) is 71.1 Å². The largest absolute Gasteiger partial charge is 0.416 e. The molecule has 7 nitrogen and oxygen atoms in total. The van der Waals surface area contributed by atoms with Crippen LogP contribution >= 0.6 is 0 Å². The first-order valence-electron chi connectivity index (χ1n) is 14.0. The number of hydrogen-bond donors (Lipinski definition) is 2. The average molecular weight is 569 g/mol. The van der Waals surface area contributed by atoms with Crippen molar-refractivity contribution in [2.45, 2.75) is 50.4 Å². The Morgan fingerprint density at radius 1 is 0.976 bits per heavy atom. The normalized spacial score (nSPS) is 15.1. The molecule has 2 N–H and O–H groups in total. The van der Waals surface area contributed by atoms with Crippen molar-refractivity contribution >= 4 is 28.4 Å². The molecule has 2 aromatic heterocycles. The highest BCUT2D eigenvalue weighted by Gasteiger charge is 2.31. The third kappa shape index (κ3) is 5.57. The quantitative estimate of drug-likeness (QED) is 0.204. The lowest BCUT2D eigenvalue weighted by Crippen LogP contribution is -2.23. The van der Waals surface area contributed by atoms with Crippen molar-refractivity contribution in [2.24, 2.45) is 0 Å². The van der Waals surface area contributed by atoms with E-state index in [9.17, 15) is 18.0 Å². The summed E-state index contributed by atoms with van der Waals surface area (Å²) in [6.45, 7) is 0.186. The lowest BCUT2D eigenvalue weighted by Gasteiger charge is -2.14. The van der Waals surface area contributed by atoms with Crippen molar-refractivity contribution < 1.29 is 18.0 Å².